The van der Waals surface area contributed by atoms with Gasteiger partial charge < -0.3 is 15.0 Å². The topological polar surface area (TPSA) is 61.9 Å². The molecule has 2 aromatic carbocycles. The van der Waals surface area contributed by atoms with Crippen LogP contribution in [0, 0.1) is 6.92 Å². The van der Waals surface area contributed by atoms with Crippen molar-refractivity contribution in [2.75, 3.05) is 41.4 Å². The summed E-state index contributed by atoms with van der Waals surface area (Å²) in [6, 6.07) is 13.7. The third kappa shape index (κ3) is 5.22. The lowest BCUT2D eigenvalue weighted by Gasteiger charge is -2.32. The average molecular weight is 440 g/mol. The summed E-state index contributed by atoms with van der Waals surface area (Å²) in [5.74, 6) is 2.84. The van der Waals surface area contributed by atoms with Crippen LogP contribution in [0.4, 0.5) is 11.4 Å². The number of hydrogen-bond donors (Lipinski definition) is 1. The first kappa shape index (κ1) is 21.7. The highest BCUT2D eigenvalue weighted by Gasteiger charge is 2.31. The molecule has 0 spiro atoms. The number of nitrogens with zero attached hydrogens (tertiary/aromatic N) is 2. The molecule has 164 valence electrons. The highest BCUT2D eigenvalue weighted by Crippen LogP contribution is 2.33. The minimum atomic E-state index is -0.550. The van der Waals surface area contributed by atoms with Crippen molar-refractivity contribution >= 4 is 35.0 Å². The lowest BCUT2D eigenvalue weighted by atomic mass is 10.1. The molecule has 0 radical (unpaired) electrons. The normalized spacial score (nSPS) is 19.0. The van der Waals surface area contributed by atoms with Gasteiger partial charge in [0.1, 0.15) is 5.75 Å². The summed E-state index contributed by atoms with van der Waals surface area (Å²) >= 11 is 2.01. The number of nitrogens with one attached hydrogen (secondary N) is 1. The Hall–Kier alpha value is -2.51. The second-order valence-corrected chi connectivity index (χ2v) is 9.28. The maximum absolute atomic E-state index is 12.6. The van der Waals surface area contributed by atoms with Crippen LogP contribution in [0.25, 0.3) is 0 Å². The number of carbonyl (C=O) groups is 2. The van der Waals surface area contributed by atoms with Crippen LogP contribution in [-0.4, -0.2) is 54.0 Å². The minimum absolute atomic E-state index is 0.103. The van der Waals surface area contributed by atoms with E-state index in [0.29, 0.717) is 12.3 Å². The molecule has 2 aliphatic rings. The third-order valence-electron chi connectivity index (χ3n) is 5.71. The molecule has 1 unspecified atom stereocenters. The predicted molar refractivity (Wildman–Crippen MR) is 126 cm³/mol. The molecule has 1 atom stereocenters. The van der Waals surface area contributed by atoms with E-state index in [0.717, 1.165) is 36.6 Å². The van der Waals surface area contributed by atoms with Gasteiger partial charge in [-0.3, -0.25) is 14.5 Å². The minimum Gasteiger partial charge on any atom is -0.479 e. The number of carbonyl (C=O) groups excluding carboxylic acids is 2. The zero-order valence-corrected chi connectivity index (χ0v) is 18.9. The van der Waals surface area contributed by atoms with E-state index in [-0.39, 0.29) is 18.2 Å². The van der Waals surface area contributed by atoms with Gasteiger partial charge in [0.25, 0.3) is 5.91 Å². The van der Waals surface area contributed by atoms with E-state index in [4.69, 9.17) is 4.74 Å². The number of fused-ring (bicyclic) bond motifs is 1. The number of anilines is 2. The van der Waals surface area contributed by atoms with Crippen LogP contribution in [-0.2, 0) is 16.1 Å². The molecule has 0 aromatic heterocycles. The number of rotatable bonds is 6. The van der Waals surface area contributed by atoms with Crippen LogP contribution >= 0.6 is 11.8 Å². The fraction of sp³-hybridized carbons (Fsp3) is 0.417. The molecule has 2 aliphatic heterocycles. The number of para-hydroxylation sites is 2. The van der Waals surface area contributed by atoms with Crippen LogP contribution in [0.2, 0.25) is 0 Å². The molecule has 0 saturated carbocycles. The lowest BCUT2D eigenvalue weighted by Crippen LogP contribution is -2.45. The van der Waals surface area contributed by atoms with Gasteiger partial charge in [0, 0.05) is 49.8 Å². The first-order valence-corrected chi connectivity index (χ1v) is 11.9. The smallest absolute Gasteiger partial charge is 0.267 e. The van der Waals surface area contributed by atoms with E-state index >= 15 is 0 Å². The fourth-order valence-electron chi connectivity index (χ4n) is 4.00. The molecule has 6 nitrogen and oxygen atoms in total. The van der Waals surface area contributed by atoms with Gasteiger partial charge in [0.15, 0.2) is 6.10 Å². The lowest BCUT2D eigenvalue weighted by molar-refractivity contribution is -0.125. The first-order chi connectivity index (χ1) is 15.0. The molecule has 0 bridgehead atoms. The fourth-order valence-corrected chi connectivity index (χ4v) is 4.98. The van der Waals surface area contributed by atoms with Gasteiger partial charge >= 0.3 is 0 Å². The van der Waals surface area contributed by atoms with E-state index in [1.807, 2.05) is 49.0 Å². The zero-order valence-electron chi connectivity index (χ0n) is 18.1. The van der Waals surface area contributed by atoms with Crippen molar-refractivity contribution in [2.24, 2.45) is 0 Å². The van der Waals surface area contributed by atoms with Gasteiger partial charge in [0.05, 0.1) is 5.69 Å². The Morgan fingerprint density at radius 1 is 1.19 bits per heavy atom. The second-order valence-electron chi connectivity index (χ2n) is 8.05. The Morgan fingerprint density at radius 3 is 2.74 bits per heavy atom. The molecule has 31 heavy (non-hydrogen) atoms. The Bertz CT molecular complexity index is 959. The van der Waals surface area contributed by atoms with Crippen molar-refractivity contribution in [3.8, 4) is 5.75 Å². The van der Waals surface area contributed by atoms with Crippen LogP contribution in [0.3, 0.4) is 0 Å². The summed E-state index contributed by atoms with van der Waals surface area (Å²) in [7, 11) is 0. The van der Waals surface area contributed by atoms with E-state index in [2.05, 4.69) is 22.3 Å². The number of aryl methyl sites for hydroxylation is 1. The summed E-state index contributed by atoms with van der Waals surface area (Å²) in [6.07, 6.45) is -0.328. The number of benzene rings is 2. The van der Waals surface area contributed by atoms with Gasteiger partial charge in [-0.15, -0.1) is 0 Å². The van der Waals surface area contributed by atoms with Gasteiger partial charge in [0.2, 0.25) is 5.91 Å². The Kier molecular flexibility index (Phi) is 6.83. The summed E-state index contributed by atoms with van der Waals surface area (Å²) in [5.41, 5.74) is 3.87. The quantitative estimate of drug-likeness (QED) is 0.744. The van der Waals surface area contributed by atoms with Crippen LogP contribution < -0.4 is 15.0 Å². The zero-order chi connectivity index (χ0) is 21.8. The summed E-state index contributed by atoms with van der Waals surface area (Å²) in [4.78, 5) is 29.3. The van der Waals surface area contributed by atoms with Crippen LogP contribution in [0.1, 0.15) is 24.5 Å². The average Bonchev–Trinajstić information content (AvgIpc) is 2.77. The SMILES string of the molecule is Cc1cc(CN2CCSCC2)ccc1NC(=O)CCN1C(=O)C(C)Oc2ccccc21. The van der Waals surface area contributed by atoms with Crippen molar-refractivity contribution in [2.45, 2.75) is 32.9 Å². The van der Waals surface area contributed by atoms with Crippen LogP contribution in [0.5, 0.6) is 5.75 Å². The molecule has 2 amide bonds. The predicted octanol–water partition coefficient (Wildman–Crippen LogP) is 3.69. The van der Waals surface area contributed by atoms with Crippen LogP contribution in [0.15, 0.2) is 42.5 Å². The Balaban J connectivity index is 1.35. The summed E-state index contributed by atoms with van der Waals surface area (Å²) in [6.45, 7) is 7.29. The molecule has 1 saturated heterocycles. The molecule has 1 N–H and O–H groups in total. The van der Waals surface area contributed by atoms with Gasteiger partial charge in [-0.25, -0.2) is 0 Å². The van der Waals surface area contributed by atoms with E-state index in [1.54, 1.807) is 11.8 Å². The first-order valence-electron chi connectivity index (χ1n) is 10.8. The molecule has 1 fully saturated rings. The molecular formula is C24H29N3O3S. The maximum Gasteiger partial charge on any atom is 0.267 e. The van der Waals surface area contributed by atoms with E-state index < -0.39 is 6.10 Å². The van der Waals surface area contributed by atoms with Crippen molar-refractivity contribution in [3.63, 3.8) is 0 Å². The summed E-state index contributed by atoms with van der Waals surface area (Å²) < 4.78 is 5.66. The number of thioether (sulfide) groups is 1. The van der Waals surface area contributed by atoms with Gasteiger partial charge in [-0.1, -0.05) is 24.3 Å². The van der Waals surface area contributed by atoms with Crippen molar-refractivity contribution in [1.82, 2.24) is 4.90 Å². The number of hydrogen-bond acceptors (Lipinski definition) is 5. The monoisotopic (exact) mass is 439 g/mol. The van der Waals surface area contributed by atoms with Gasteiger partial charge in [-0.05, 0) is 43.2 Å². The van der Waals surface area contributed by atoms with E-state index in [1.165, 1.54) is 17.1 Å². The maximum atomic E-state index is 12.6. The molecule has 7 heteroatoms. The van der Waals surface area contributed by atoms with E-state index in [9.17, 15) is 9.59 Å². The second kappa shape index (κ2) is 9.75. The van der Waals surface area contributed by atoms with Crippen molar-refractivity contribution < 1.29 is 14.3 Å². The molecule has 0 aliphatic carbocycles. The van der Waals surface area contributed by atoms with Gasteiger partial charge in [-0.2, -0.15) is 11.8 Å². The van der Waals surface area contributed by atoms with Crippen molar-refractivity contribution in [1.29, 1.82) is 0 Å². The Morgan fingerprint density at radius 2 is 1.97 bits per heavy atom. The summed E-state index contributed by atoms with van der Waals surface area (Å²) in [5, 5.41) is 3.01. The molecule has 4 rings (SSSR count). The third-order valence-corrected chi connectivity index (χ3v) is 6.65. The Labute approximate surface area is 187 Å². The van der Waals surface area contributed by atoms with Crippen molar-refractivity contribution in [3.05, 3.63) is 53.6 Å². The number of ether oxygens (including phenoxy) is 1. The molecule has 2 aromatic rings. The largest absolute Gasteiger partial charge is 0.479 e. The number of amides is 2. The molecular weight excluding hydrogens is 410 g/mol. The molecule has 2 heterocycles. The standard InChI is InChI=1S/C24H29N3O3S/c1-17-15-19(16-26-11-13-31-14-12-26)7-8-20(17)25-23(28)9-10-27-21-5-3-4-6-22(21)30-18(2)24(27)29/h3-8,15,18H,9-14,16H2,1-2H3,(H,25,28). The highest BCUT2D eigenvalue weighted by molar-refractivity contribution is 7.99. The highest BCUT2D eigenvalue weighted by atomic mass is 32.2.